The third kappa shape index (κ3) is 3.63. The van der Waals surface area contributed by atoms with Gasteiger partial charge in [0.1, 0.15) is 5.03 Å². The minimum absolute atomic E-state index is 0.0933. The molecule has 0 bridgehead atoms. The number of nitrogens with one attached hydrogen (secondary N) is 1. The Hall–Kier alpha value is -1.38. The lowest BCUT2D eigenvalue weighted by atomic mass is 10.2. The average Bonchev–Trinajstić information content (AvgIpc) is 2.47. The molecule has 1 aliphatic rings. The van der Waals surface area contributed by atoms with Gasteiger partial charge in [-0.1, -0.05) is 0 Å². The lowest BCUT2D eigenvalue weighted by molar-refractivity contribution is 0.0609. The quantitative estimate of drug-likeness (QED) is 0.578. The van der Waals surface area contributed by atoms with Crippen molar-refractivity contribution in [3.63, 3.8) is 0 Å². The number of hydrogen-bond acceptors (Lipinski definition) is 6. The molecule has 1 amide bonds. The van der Waals surface area contributed by atoms with Gasteiger partial charge in [-0.3, -0.25) is 9.69 Å². The number of carbonyl (C=O) groups is 1. The topological polar surface area (TPSA) is 89.5 Å². The number of aromatic amines is 1. The molecule has 0 unspecified atom stereocenters. The van der Waals surface area contributed by atoms with Crippen LogP contribution in [0.5, 0.6) is 0 Å². The van der Waals surface area contributed by atoms with Crippen molar-refractivity contribution in [3.8, 4) is 0 Å². The molecule has 0 radical (unpaired) electrons. The molecule has 1 fully saturated rings. The second-order valence-electron chi connectivity index (χ2n) is 4.91. The van der Waals surface area contributed by atoms with E-state index in [9.17, 15) is 9.59 Å². The zero-order valence-electron chi connectivity index (χ0n) is 12.3. The molecule has 0 saturated carbocycles. The predicted molar refractivity (Wildman–Crippen MR) is 80.8 cm³/mol. The highest BCUT2D eigenvalue weighted by atomic mass is 32.2. The van der Waals surface area contributed by atoms with Gasteiger partial charge in [-0.2, -0.15) is 4.98 Å². The van der Waals surface area contributed by atoms with Crippen LogP contribution in [0.4, 0.5) is 0 Å². The molecule has 1 saturated heterocycles. The molecule has 2 heterocycles. The fraction of sp³-hybridized carbons (Fsp3) is 0.615. The molecule has 7 nitrogen and oxygen atoms in total. The van der Waals surface area contributed by atoms with E-state index in [0.29, 0.717) is 35.9 Å². The van der Waals surface area contributed by atoms with Crippen LogP contribution in [0.1, 0.15) is 16.1 Å². The highest BCUT2D eigenvalue weighted by Crippen LogP contribution is 2.20. The molecule has 0 spiro atoms. The van der Waals surface area contributed by atoms with Crippen LogP contribution in [0, 0.1) is 6.92 Å². The summed E-state index contributed by atoms with van der Waals surface area (Å²) in [6.45, 7) is 5.22. The number of piperazine rings is 1. The van der Waals surface area contributed by atoms with Crippen molar-refractivity contribution in [3.05, 3.63) is 21.7 Å². The van der Waals surface area contributed by atoms with Gasteiger partial charge in [0.2, 0.25) is 0 Å². The van der Waals surface area contributed by atoms with E-state index >= 15 is 0 Å². The smallest absolute Gasteiger partial charge is 0.346 e. The standard InChI is InChI=1S/C13H20N4O3S/c1-9-10(11(21-2)15-13(20)14-9)12(19)17-5-3-16(4-6-17)7-8-18/h18H,3-8H2,1-2H3,(H,14,15,20). The Kier molecular flexibility index (Phi) is 5.38. The van der Waals surface area contributed by atoms with E-state index in [-0.39, 0.29) is 12.5 Å². The van der Waals surface area contributed by atoms with E-state index in [0.717, 1.165) is 13.1 Å². The SMILES string of the molecule is CSc1nc(=O)[nH]c(C)c1C(=O)N1CCN(CCO)CC1. The number of aromatic nitrogens is 2. The van der Waals surface area contributed by atoms with Crippen molar-refractivity contribution in [2.45, 2.75) is 11.9 Å². The van der Waals surface area contributed by atoms with E-state index in [1.807, 2.05) is 0 Å². The van der Waals surface area contributed by atoms with E-state index < -0.39 is 5.69 Å². The zero-order valence-corrected chi connectivity index (χ0v) is 13.1. The van der Waals surface area contributed by atoms with Crippen LogP contribution in [0.2, 0.25) is 0 Å². The Morgan fingerprint density at radius 3 is 2.62 bits per heavy atom. The van der Waals surface area contributed by atoms with E-state index in [1.54, 1.807) is 18.1 Å². The molecule has 2 N–H and O–H groups in total. The molecule has 0 aliphatic carbocycles. The molecular weight excluding hydrogens is 292 g/mol. The summed E-state index contributed by atoms with van der Waals surface area (Å²) in [4.78, 5) is 34.4. The van der Waals surface area contributed by atoms with Crippen molar-refractivity contribution in [2.24, 2.45) is 0 Å². The minimum Gasteiger partial charge on any atom is -0.395 e. The zero-order chi connectivity index (χ0) is 15.4. The Morgan fingerprint density at radius 1 is 1.38 bits per heavy atom. The second kappa shape index (κ2) is 7.06. The van der Waals surface area contributed by atoms with Gasteiger partial charge in [-0.05, 0) is 13.2 Å². The summed E-state index contributed by atoms with van der Waals surface area (Å²) >= 11 is 1.30. The van der Waals surface area contributed by atoms with E-state index in [2.05, 4.69) is 14.9 Å². The fourth-order valence-corrected chi connectivity index (χ4v) is 3.05. The minimum atomic E-state index is -0.429. The van der Waals surface area contributed by atoms with Crippen molar-refractivity contribution in [2.75, 3.05) is 45.6 Å². The third-order valence-electron chi connectivity index (χ3n) is 3.57. The molecule has 1 aromatic rings. The molecule has 116 valence electrons. The van der Waals surface area contributed by atoms with Crippen LogP contribution in [-0.2, 0) is 0 Å². The lowest BCUT2D eigenvalue weighted by Gasteiger charge is -2.34. The maximum Gasteiger partial charge on any atom is 0.346 e. The first kappa shape index (κ1) is 16.0. The number of carbonyl (C=O) groups excluding carboxylic acids is 1. The van der Waals surface area contributed by atoms with Crippen molar-refractivity contribution in [1.82, 2.24) is 19.8 Å². The summed E-state index contributed by atoms with van der Waals surface area (Å²) in [5.74, 6) is -0.0933. The van der Waals surface area contributed by atoms with E-state index in [4.69, 9.17) is 5.11 Å². The Morgan fingerprint density at radius 2 is 2.05 bits per heavy atom. The predicted octanol–water partition coefficient (Wildman–Crippen LogP) is -0.450. The molecule has 1 aromatic heterocycles. The summed E-state index contributed by atoms with van der Waals surface area (Å²) in [6, 6.07) is 0. The molecule has 2 rings (SSSR count). The van der Waals surface area contributed by atoms with Gasteiger partial charge >= 0.3 is 5.69 Å². The second-order valence-corrected chi connectivity index (χ2v) is 5.70. The summed E-state index contributed by atoms with van der Waals surface area (Å²) < 4.78 is 0. The third-order valence-corrected chi connectivity index (χ3v) is 4.25. The first-order valence-electron chi connectivity index (χ1n) is 6.84. The monoisotopic (exact) mass is 312 g/mol. The van der Waals surface area contributed by atoms with Crippen molar-refractivity contribution >= 4 is 17.7 Å². The number of hydrogen-bond donors (Lipinski definition) is 2. The van der Waals surface area contributed by atoms with Crippen LogP contribution in [-0.4, -0.2) is 76.4 Å². The Bertz CT molecular complexity index is 567. The van der Waals surface area contributed by atoms with Crippen LogP contribution in [0.3, 0.4) is 0 Å². The van der Waals surface area contributed by atoms with Crippen molar-refractivity contribution in [1.29, 1.82) is 0 Å². The number of rotatable bonds is 4. The molecule has 8 heteroatoms. The highest BCUT2D eigenvalue weighted by Gasteiger charge is 2.26. The van der Waals surface area contributed by atoms with Crippen LogP contribution < -0.4 is 5.69 Å². The van der Waals surface area contributed by atoms with Gasteiger partial charge in [-0.25, -0.2) is 4.79 Å². The average molecular weight is 312 g/mol. The first-order chi connectivity index (χ1) is 10.1. The number of aliphatic hydroxyl groups is 1. The number of H-pyrrole nitrogens is 1. The maximum atomic E-state index is 12.7. The van der Waals surface area contributed by atoms with Gasteiger partial charge in [0.25, 0.3) is 5.91 Å². The Labute approximate surface area is 127 Å². The van der Waals surface area contributed by atoms with E-state index in [1.165, 1.54) is 11.8 Å². The molecule has 0 atom stereocenters. The summed E-state index contributed by atoms with van der Waals surface area (Å²) in [5.41, 5.74) is 0.612. The highest BCUT2D eigenvalue weighted by molar-refractivity contribution is 7.98. The van der Waals surface area contributed by atoms with Gasteiger partial charge < -0.3 is 15.0 Å². The largest absolute Gasteiger partial charge is 0.395 e. The number of nitrogens with zero attached hydrogens (tertiary/aromatic N) is 3. The normalized spacial score (nSPS) is 16.2. The summed E-state index contributed by atoms with van der Waals surface area (Å²) in [5, 5.41) is 9.41. The maximum absolute atomic E-state index is 12.7. The van der Waals surface area contributed by atoms with Crippen LogP contribution in [0.15, 0.2) is 9.82 Å². The molecule has 1 aliphatic heterocycles. The van der Waals surface area contributed by atoms with Gasteiger partial charge in [0.05, 0.1) is 12.2 Å². The van der Waals surface area contributed by atoms with Crippen LogP contribution in [0.25, 0.3) is 0 Å². The number of aliphatic hydroxyl groups excluding tert-OH is 1. The van der Waals surface area contributed by atoms with Crippen LogP contribution >= 0.6 is 11.8 Å². The van der Waals surface area contributed by atoms with Crippen molar-refractivity contribution < 1.29 is 9.90 Å². The molecular formula is C13H20N4O3S. The lowest BCUT2D eigenvalue weighted by Crippen LogP contribution is -2.49. The number of thioether (sulfide) groups is 1. The number of β-amino-alcohol motifs (C(OH)–C–C–N with tert-alkyl or cyclic N) is 1. The fourth-order valence-electron chi connectivity index (χ4n) is 2.43. The van der Waals surface area contributed by atoms with Gasteiger partial charge in [-0.15, -0.1) is 11.8 Å². The first-order valence-corrected chi connectivity index (χ1v) is 8.06. The number of amides is 1. The number of aryl methyl sites for hydroxylation is 1. The van der Waals surface area contributed by atoms with Gasteiger partial charge in [0.15, 0.2) is 0 Å². The van der Waals surface area contributed by atoms with Gasteiger partial charge in [0, 0.05) is 38.4 Å². The molecule has 21 heavy (non-hydrogen) atoms. The summed E-state index contributed by atoms with van der Waals surface area (Å²) in [6.07, 6.45) is 1.80. The molecule has 0 aromatic carbocycles. The Balaban J connectivity index is 2.16. The summed E-state index contributed by atoms with van der Waals surface area (Å²) in [7, 11) is 0.